The van der Waals surface area contributed by atoms with Crippen molar-refractivity contribution in [2.45, 2.75) is 38.6 Å². The highest BCUT2D eigenvalue weighted by Crippen LogP contribution is 2.25. The molecule has 1 aliphatic rings. The largest absolute Gasteiger partial charge is 0.337 e. The standard InChI is InChI=1S/C28H32N6O/c1-19(2)24-17-30-34-14-10-22(16-26(24)34)25-9-12-29-27(31-25)15-20-5-7-21(8-6-20)28(35)33-13-11-23(18-33)32(3)4/h5-10,12,14,16-17,19,23H,11,13,15,18H2,1-4H3. The van der Waals surface area contributed by atoms with Gasteiger partial charge in [0, 0.05) is 54.6 Å². The molecule has 0 radical (unpaired) electrons. The third-order valence-corrected chi connectivity index (χ3v) is 6.92. The molecule has 0 bridgehead atoms. The molecule has 3 aromatic heterocycles. The molecule has 0 spiro atoms. The molecule has 1 aliphatic heterocycles. The van der Waals surface area contributed by atoms with E-state index in [1.165, 1.54) is 5.56 Å². The molecule has 0 N–H and O–H groups in total. The number of fused-ring (bicyclic) bond motifs is 1. The van der Waals surface area contributed by atoms with Crippen molar-refractivity contribution >= 4 is 11.4 Å². The minimum atomic E-state index is 0.107. The van der Waals surface area contributed by atoms with Gasteiger partial charge in [-0.1, -0.05) is 26.0 Å². The lowest BCUT2D eigenvalue weighted by Gasteiger charge is -2.20. The Morgan fingerprint density at radius 1 is 1.14 bits per heavy atom. The maximum Gasteiger partial charge on any atom is 0.253 e. The van der Waals surface area contributed by atoms with E-state index in [4.69, 9.17) is 4.98 Å². The van der Waals surface area contributed by atoms with Crippen LogP contribution in [-0.2, 0) is 6.42 Å². The fourth-order valence-electron chi connectivity index (χ4n) is 4.73. The maximum absolute atomic E-state index is 12.9. The molecular formula is C28H32N6O. The lowest BCUT2D eigenvalue weighted by atomic mass is 10.0. The zero-order chi connectivity index (χ0) is 24.5. The van der Waals surface area contributed by atoms with Crippen molar-refractivity contribution in [3.8, 4) is 11.3 Å². The van der Waals surface area contributed by atoms with Crippen LogP contribution >= 0.6 is 0 Å². The Bertz CT molecular complexity index is 1340. The molecule has 7 heteroatoms. The van der Waals surface area contributed by atoms with Gasteiger partial charge in [-0.15, -0.1) is 0 Å². The molecule has 0 aliphatic carbocycles. The number of likely N-dealkylation sites (N-methyl/N-ethyl adjacent to an activating group) is 1. The van der Waals surface area contributed by atoms with Crippen LogP contribution in [0.2, 0.25) is 0 Å². The van der Waals surface area contributed by atoms with E-state index in [2.05, 4.69) is 49.0 Å². The van der Waals surface area contributed by atoms with Gasteiger partial charge in [0.25, 0.3) is 5.91 Å². The van der Waals surface area contributed by atoms with Gasteiger partial charge in [0.1, 0.15) is 5.82 Å². The number of pyridine rings is 1. The average molecular weight is 469 g/mol. The highest BCUT2D eigenvalue weighted by molar-refractivity contribution is 5.94. The van der Waals surface area contributed by atoms with Crippen molar-refractivity contribution in [1.82, 2.24) is 29.4 Å². The van der Waals surface area contributed by atoms with Gasteiger partial charge in [-0.25, -0.2) is 14.5 Å². The number of benzene rings is 1. The topological polar surface area (TPSA) is 66.6 Å². The highest BCUT2D eigenvalue weighted by Gasteiger charge is 2.28. The normalized spacial score (nSPS) is 16.1. The molecule has 7 nitrogen and oxygen atoms in total. The number of likely N-dealkylation sites (tertiary alicyclic amines) is 1. The van der Waals surface area contributed by atoms with Crippen LogP contribution in [0.25, 0.3) is 16.8 Å². The van der Waals surface area contributed by atoms with E-state index in [1.807, 2.05) is 64.4 Å². The second kappa shape index (κ2) is 9.58. The van der Waals surface area contributed by atoms with E-state index in [9.17, 15) is 4.79 Å². The van der Waals surface area contributed by atoms with Crippen molar-refractivity contribution in [3.63, 3.8) is 0 Å². The van der Waals surface area contributed by atoms with Crippen LogP contribution in [0.3, 0.4) is 0 Å². The number of amides is 1. The fourth-order valence-corrected chi connectivity index (χ4v) is 4.73. The van der Waals surface area contributed by atoms with Crippen LogP contribution in [-0.4, -0.2) is 68.5 Å². The second-order valence-corrected chi connectivity index (χ2v) is 9.89. The summed E-state index contributed by atoms with van der Waals surface area (Å²) in [5.74, 6) is 1.26. The molecule has 180 valence electrons. The maximum atomic E-state index is 12.9. The lowest BCUT2D eigenvalue weighted by Crippen LogP contribution is -2.34. The first-order valence-corrected chi connectivity index (χ1v) is 12.2. The lowest BCUT2D eigenvalue weighted by molar-refractivity contribution is 0.0783. The summed E-state index contributed by atoms with van der Waals surface area (Å²) in [6.07, 6.45) is 7.37. The molecule has 4 aromatic rings. The number of carbonyl (C=O) groups is 1. The van der Waals surface area contributed by atoms with Crippen LogP contribution in [0, 0.1) is 0 Å². The van der Waals surface area contributed by atoms with Gasteiger partial charge in [-0.2, -0.15) is 5.10 Å². The van der Waals surface area contributed by atoms with Crippen LogP contribution < -0.4 is 0 Å². The molecule has 0 saturated carbocycles. The van der Waals surface area contributed by atoms with Crippen molar-refractivity contribution in [1.29, 1.82) is 0 Å². The Hall–Kier alpha value is -3.58. The summed E-state index contributed by atoms with van der Waals surface area (Å²) in [6.45, 7) is 5.96. The second-order valence-electron chi connectivity index (χ2n) is 9.89. The quantitative estimate of drug-likeness (QED) is 0.423. The number of hydrogen-bond donors (Lipinski definition) is 0. The SMILES string of the molecule is CC(C)c1cnn2ccc(-c3ccnc(Cc4ccc(C(=O)N5CCC(N(C)C)C5)cc4)n3)cc12. The van der Waals surface area contributed by atoms with E-state index in [0.29, 0.717) is 18.4 Å². The van der Waals surface area contributed by atoms with E-state index in [0.717, 1.165) is 53.2 Å². The number of carbonyl (C=O) groups excluding carboxylic acids is 1. The molecular weight excluding hydrogens is 436 g/mol. The first-order valence-electron chi connectivity index (χ1n) is 12.2. The predicted octanol–water partition coefficient (Wildman–Crippen LogP) is 4.28. The van der Waals surface area contributed by atoms with E-state index < -0.39 is 0 Å². The third kappa shape index (κ3) is 4.82. The zero-order valence-electron chi connectivity index (χ0n) is 20.8. The van der Waals surface area contributed by atoms with Gasteiger partial charge in [0.05, 0.1) is 17.4 Å². The predicted molar refractivity (Wildman–Crippen MR) is 138 cm³/mol. The van der Waals surface area contributed by atoms with Gasteiger partial charge in [0.15, 0.2) is 0 Å². The Balaban J connectivity index is 1.31. The van der Waals surface area contributed by atoms with Crippen molar-refractivity contribution < 1.29 is 4.79 Å². The molecule has 1 saturated heterocycles. The average Bonchev–Trinajstić information content (AvgIpc) is 3.52. The Labute approximate surface area is 206 Å². The van der Waals surface area contributed by atoms with Crippen LogP contribution in [0.1, 0.15) is 53.5 Å². The van der Waals surface area contributed by atoms with Crippen molar-refractivity contribution in [3.05, 3.63) is 83.6 Å². The van der Waals surface area contributed by atoms with Gasteiger partial charge in [-0.05, 0) is 62.3 Å². The third-order valence-electron chi connectivity index (χ3n) is 6.92. The highest BCUT2D eigenvalue weighted by atomic mass is 16.2. The fraction of sp³-hybridized carbons (Fsp3) is 0.357. The molecule has 35 heavy (non-hydrogen) atoms. The summed E-state index contributed by atoms with van der Waals surface area (Å²) >= 11 is 0. The van der Waals surface area contributed by atoms with Gasteiger partial charge in [0.2, 0.25) is 0 Å². The molecule has 1 unspecified atom stereocenters. The van der Waals surface area contributed by atoms with Crippen LogP contribution in [0.5, 0.6) is 0 Å². The monoisotopic (exact) mass is 468 g/mol. The summed E-state index contributed by atoms with van der Waals surface area (Å²) < 4.78 is 1.91. The summed E-state index contributed by atoms with van der Waals surface area (Å²) in [7, 11) is 4.15. The molecule has 1 atom stereocenters. The van der Waals surface area contributed by atoms with Crippen LogP contribution in [0.15, 0.2) is 61.1 Å². The van der Waals surface area contributed by atoms with Gasteiger partial charge in [-0.3, -0.25) is 4.79 Å². The number of nitrogens with zero attached hydrogens (tertiary/aromatic N) is 6. The van der Waals surface area contributed by atoms with Crippen molar-refractivity contribution in [2.24, 2.45) is 0 Å². The number of rotatable bonds is 6. The smallest absolute Gasteiger partial charge is 0.253 e. The minimum absolute atomic E-state index is 0.107. The Morgan fingerprint density at radius 2 is 1.94 bits per heavy atom. The number of aromatic nitrogens is 4. The number of hydrogen-bond acceptors (Lipinski definition) is 5. The van der Waals surface area contributed by atoms with Crippen molar-refractivity contribution in [2.75, 3.05) is 27.2 Å². The van der Waals surface area contributed by atoms with Gasteiger partial charge >= 0.3 is 0 Å². The van der Waals surface area contributed by atoms with E-state index in [1.54, 1.807) is 0 Å². The summed E-state index contributed by atoms with van der Waals surface area (Å²) in [4.78, 5) is 26.4. The first-order chi connectivity index (χ1) is 16.9. The van der Waals surface area contributed by atoms with Gasteiger partial charge < -0.3 is 9.80 Å². The van der Waals surface area contributed by atoms with E-state index in [-0.39, 0.29) is 5.91 Å². The molecule has 4 heterocycles. The van der Waals surface area contributed by atoms with Crippen LogP contribution in [0.4, 0.5) is 0 Å². The summed E-state index contributed by atoms with van der Waals surface area (Å²) in [6, 6.07) is 14.4. The van der Waals surface area contributed by atoms with E-state index >= 15 is 0 Å². The molecule has 1 aromatic carbocycles. The first kappa shape index (κ1) is 23.2. The molecule has 1 fully saturated rings. The molecule has 1 amide bonds. The molecule has 5 rings (SSSR count). The Kier molecular flexibility index (Phi) is 6.34. The zero-order valence-corrected chi connectivity index (χ0v) is 20.8. The Morgan fingerprint density at radius 3 is 2.66 bits per heavy atom. The minimum Gasteiger partial charge on any atom is -0.337 e. The summed E-state index contributed by atoms with van der Waals surface area (Å²) in [5.41, 5.74) is 6.09. The summed E-state index contributed by atoms with van der Waals surface area (Å²) in [5, 5.41) is 4.46.